The van der Waals surface area contributed by atoms with Crippen molar-refractivity contribution < 1.29 is 4.39 Å². The Bertz CT molecular complexity index is 1040. The van der Waals surface area contributed by atoms with E-state index in [1.807, 2.05) is 25.1 Å². The zero-order valence-electron chi connectivity index (χ0n) is 15.6. The third-order valence-electron chi connectivity index (χ3n) is 5.17. The molecular formula is C22H22FN3O. The molecule has 138 valence electrons. The lowest BCUT2D eigenvalue weighted by Gasteiger charge is -2.09. The smallest absolute Gasteiger partial charge is 0.290 e. The van der Waals surface area contributed by atoms with Crippen LogP contribution in [0.3, 0.4) is 0 Å². The molecule has 1 N–H and O–H groups in total. The molecule has 2 aliphatic rings. The number of aryl methyl sites for hydroxylation is 2. The Labute approximate surface area is 157 Å². The number of aromatic nitrogens is 3. The van der Waals surface area contributed by atoms with Gasteiger partial charge in [-0.05, 0) is 67.4 Å². The molecule has 1 aromatic carbocycles. The highest BCUT2D eigenvalue weighted by Gasteiger charge is 2.29. The average Bonchev–Trinajstić information content (AvgIpc) is 3.49. The summed E-state index contributed by atoms with van der Waals surface area (Å²) in [6, 6.07) is 6.15. The van der Waals surface area contributed by atoms with Crippen molar-refractivity contribution in [3.63, 3.8) is 0 Å². The van der Waals surface area contributed by atoms with E-state index < -0.39 is 5.69 Å². The molecule has 0 spiro atoms. The van der Waals surface area contributed by atoms with Crippen LogP contribution in [-0.2, 0) is 6.42 Å². The topological polar surface area (TPSA) is 58.6 Å². The molecule has 0 aliphatic heterocycles. The predicted octanol–water partition coefficient (Wildman–Crippen LogP) is 4.68. The molecule has 0 saturated heterocycles. The number of aromatic amines is 1. The third-order valence-corrected chi connectivity index (χ3v) is 5.17. The summed E-state index contributed by atoms with van der Waals surface area (Å²) < 4.78 is 14.3. The first-order valence-electron chi connectivity index (χ1n) is 9.40. The Hall–Kier alpha value is -2.82. The van der Waals surface area contributed by atoms with Crippen LogP contribution in [0.4, 0.5) is 4.39 Å². The van der Waals surface area contributed by atoms with Crippen LogP contribution < -0.4 is 5.69 Å². The molecule has 1 fully saturated rings. The highest BCUT2D eigenvalue weighted by molar-refractivity contribution is 5.68. The number of nitrogens with zero attached hydrogens (tertiary/aromatic N) is 2. The fraction of sp³-hybridized carbons (Fsp3) is 0.318. The van der Waals surface area contributed by atoms with E-state index >= 15 is 0 Å². The third kappa shape index (κ3) is 3.68. The highest BCUT2D eigenvalue weighted by Crippen LogP contribution is 2.42. The van der Waals surface area contributed by atoms with Crippen LogP contribution in [-0.4, -0.2) is 15.0 Å². The lowest BCUT2D eigenvalue weighted by Crippen LogP contribution is -2.16. The van der Waals surface area contributed by atoms with E-state index in [1.54, 1.807) is 6.08 Å². The quantitative estimate of drug-likeness (QED) is 0.858. The second-order valence-electron chi connectivity index (χ2n) is 7.17. The Morgan fingerprint density at radius 3 is 2.78 bits per heavy atom. The van der Waals surface area contributed by atoms with Crippen molar-refractivity contribution in [1.29, 1.82) is 0 Å². The van der Waals surface area contributed by atoms with Crippen LogP contribution in [0, 0.1) is 12.8 Å². The fourth-order valence-electron chi connectivity index (χ4n) is 3.38. The first kappa shape index (κ1) is 17.6. The largest absolute Gasteiger partial charge is 0.348 e. The van der Waals surface area contributed by atoms with Gasteiger partial charge in [-0.15, -0.1) is 0 Å². The van der Waals surface area contributed by atoms with Gasteiger partial charge in [0, 0.05) is 11.1 Å². The molecule has 4 rings (SSSR count). The van der Waals surface area contributed by atoms with Gasteiger partial charge in [0.2, 0.25) is 0 Å². The normalized spacial score (nSPS) is 17.1. The maximum atomic E-state index is 14.3. The minimum Gasteiger partial charge on any atom is -0.290 e. The van der Waals surface area contributed by atoms with Gasteiger partial charge in [0.25, 0.3) is 0 Å². The van der Waals surface area contributed by atoms with Gasteiger partial charge < -0.3 is 0 Å². The zero-order chi connectivity index (χ0) is 19.0. The maximum Gasteiger partial charge on any atom is 0.348 e. The Kier molecular flexibility index (Phi) is 4.60. The summed E-state index contributed by atoms with van der Waals surface area (Å²) in [5.74, 6) is 0.999. The van der Waals surface area contributed by atoms with Crippen LogP contribution in [0.1, 0.15) is 43.1 Å². The minimum absolute atomic E-state index is 0.191. The summed E-state index contributed by atoms with van der Waals surface area (Å²) in [5, 5.41) is 0. The van der Waals surface area contributed by atoms with E-state index in [9.17, 15) is 9.18 Å². The van der Waals surface area contributed by atoms with Gasteiger partial charge in [-0.2, -0.15) is 4.98 Å². The Morgan fingerprint density at radius 1 is 1.22 bits per heavy atom. The maximum absolute atomic E-state index is 14.3. The molecule has 1 aromatic heterocycles. The van der Waals surface area contributed by atoms with E-state index in [4.69, 9.17) is 0 Å². The van der Waals surface area contributed by atoms with Gasteiger partial charge in [-0.25, -0.2) is 14.2 Å². The molecule has 0 atom stereocenters. The summed E-state index contributed by atoms with van der Waals surface area (Å²) >= 11 is 0. The molecule has 2 aliphatic carbocycles. The number of rotatable bonds is 4. The van der Waals surface area contributed by atoms with E-state index in [0.29, 0.717) is 24.0 Å². The van der Waals surface area contributed by atoms with E-state index in [1.165, 1.54) is 11.6 Å². The second kappa shape index (κ2) is 7.06. The van der Waals surface area contributed by atoms with Crippen molar-refractivity contribution >= 4 is 5.57 Å². The first-order chi connectivity index (χ1) is 13.0. The van der Waals surface area contributed by atoms with Gasteiger partial charge in [0.05, 0.1) is 0 Å². The zero-order valence-corrected chi connectivity index (χ0v) is 15.6. The van der Waals surface area contributed by atoms with Crippen LogP contribution in [0.5, 0.6) is 0 Å². The number of hydrogen-bond donors (Lipinski definition) is 1. The molecule has 0 amide bonds. The lowest BCUT2D eigenvalue weighted by molar-refractivity contribution is 0.635. The number of hydrogen-bond acceptors (Lipinski definition) is 3. The van der Waals surface area contributed by atoms with Crippen molar-refractivity contribution in [2.24, 2.45) is 5.92 Å². The minimum atomic E-state index is -0.447. The SMILES string of the molecule is CCc1ccc(C)c(-c2nc(C3=CC=C(F)C(C4CC4)=CC3)nc(=O)[nH]2)c1. The van der Waals surface area contributed by atoms with Crippen LogP contribution >= 0.6 is 0 Å². The lowest BCUT2D eigenvalue weighted by atomic mass is 10.0. The van der Waals surface area contributed by atoms with Crippen LogP contribution in [0.15, 0.2) is 52.6 Å². The van der Waals surface area contributed by atoms with Gasteiger partial charge in [-0.3, -0.25) is 4.98 Å². The summed E-state index contributed by atoms with van der Waals surface area (Å²) in [6.45, 7) is 4.08. The number of halogens is 1. The molecule has 0 bridgehead atoms. The molecule has 1 heterocycles. The van der Waals surface area contributed by atoms with Gasteiger partial charge in [0.15, 0.2) is 5.82 Å². The number of benzene rings is 1. The predicted molar refractivity (Wildman–Crippen MR) is 105 cm³/mol. The highest BCUT2D eigenvalue weighted by atomic mass is 19.1. The van der Waals surface area contributed by atoms with Crippen LogP contribution in [0.2, 0.25) is 0 Å². The fourth-order valence-corrected chi connectivity index (χ4v) is 3.38. The molecule has 1 saturated carbocycles. The summed E-state index contributed by atoms with van der Waals surface area (Å²) in [5.41, 5.74) is 4.17. The van der Waals surface area contributed by atoms with Gasteiger partial charge in [0.1, 0.15) is 11.7 Å². The second-order valence-corrected chi connectivity index (χ2v) is 7.17. The average molecular weight is 363 g/mol. The Morgan fingerprint density at radius 2 is 2.04 bits per heavy atom. The van der Waals surface area contributed by atoms with Crippen molar-refractivity contribution in [1.82, 2.24) is 15.0 Å². The number of nitrogens with one attached hydrogen (secondary N) is 1. The van der Waals surface area contributed by atoms with E-state index in [2.05, 4.69) is 27.9 Å². The molecule has 27 heavy (non-hydrogen) atoms. The first-order valence-corrected chi connectivity index (χ1v) is 9.40. The monoisotopic (exact) mass is 363 g/mol. The molecule has 0 radical (unpaired) electrons. The van der Waals surface area contributed by atoms with Crippen molar-refractivity contribution in [3.05, 3.63) is 75.3 Å². The molecule has 2 aromatic rings. The Balaban J connectivity index is 1.75. The number of H-pyrrole nitrogens is 1. The molecule has 5 heteroatoms. The molecular weight excluding hydrogens is 341 g/mol. The standard InChI is InChI=1S/C22H22FN3O/c1-3-14-5-4-13(2)18(12-14)21-24-20(25-22(27)26-21)16-8-10-17(15-6-7-15)19(23)11-9-16/h4-5,9-12,15H,3,6-8H2,1-2H3,(H,24,25,26,27). The summed E-state index contributed by atoms with van der Waals surface area (Å²) in [4.78, 5) is 23.6. The van der Waals surface area contributed by atoms with Crippen molar-refractivity contribution in [2.45, 2.75) is 39.5 Å². The molecule has 4 nitrogen and oxygen atoms in total. The number of allylic oxidation sites excluding steroid dienone is 6. The van der Waals surface area contributed by atoms with Gasteiger partial charge >= 0.3 is 5.69 Å². The summed E-state index contributed by atoms with van der Waals surface area (Å²) in [7, 11) is 0. The van der Waals surface area contributed by atoms with E-state index in [0.717, 1.165) is 41.5 Å². The van der Waals surface area contributed by atoms with Crippen molar-refractivity contribution in [3.8, 4) is 11.4 Å². The summed E-state index contributed by atoms with van der Waals surface area (Å²) in [6.07, 6.45) is 8.58. The van der Waals surface area contributed by atoms with Crippen molar-refractivity contribution in [2.75, 3.05) is 0 Å². The van der Waals surface area contributed by atoms with Gasteiger partial charge in [-0.1, -0.05) is 31.2 Å². The van der Waals surface area contributed by atoms with Crippen LogP contribution in [0.25, 0.3) is 17.0 Å². The molecule has 0 unspecified atom stereocenters. The van der Waals surface area contributed by atoms with E-state index in [-0.39, 0.29) is 5.83 Å².